The van der Waals surface area contributed by atoms with Crippen molar-refractivity contribution in [1.29, 1.82) is 0 Å². The van der Waals surface area contributed by atoms with Crippen LogP contribution >= 0.6 is 11.3 Å². The monoisotopic (exact) mass is 298 g/mol. The Bertz CT molecular complexity index is 776. The van der Waals surface area contributed by atoms with Gasteiger partial charge in [-0.2, -0.15) is 5.10 Å². The molecule has 21 heavy (non-hydrogen) atoms. The first-order valence-corrected chi connectivity index (χ1v) is 7.29. The van der Waals surface area contributed by atoms with Crippen LogP contribution in [-0.4, -0.2) is 20.7 Å². The molecule has 1 N–H and O–H groups in total. The van der Waals surface area contributed by atoms with Gasteiger partial charge in [0.1, 0.15) is 5.69 Å². The first-order valence-electron chi connectivity index (χ1n) is 6.47. The number of rotatable bonds is 3. The Morgan fingerprint density at radius 1 is 1.24 bits per heavy atom. The molecule has 0 fully saturated rings. The molecule has 0 radical (unpaired) electrons. The fourth-order valence-corrected chi connectivity index (χ4v) is 3.03. The van der Waals surface area contributed by atoms with Crippen molar-refractivity contribution in [2.75, 3.05) is 5.32 Å². The van der Waals surface area contributed by atoms with Crippen LogP contribution in [0.1, 0.15) is 16.2 Å². The van der Waals surface area contributed by atoms with Gasteiger partial charge in [0.05, 0.1) is 10.6 Å². The maximum absolute atomic E-state index is 12.1. The number of aromatic nitrogens is 3. The van der Waals surface area contributed by atoms with E-state index in [1.807, 2.05) is 37.3 Å². The first-order chi connectivity index (χ1) is 10.1. The van der Waals surface area contributed by atoms with Crippen molar-refractivity contribution < 1.29 is 4.79 Å². The number of anilines is 1. The zero-order valence-electron chi connectivity index (χ0n) is 11.7. The number of benzene rings is 1. The number of hydrogen-bond donors (Lipinski definition) is 1. The Morgan fingerprint density at radius 3 is 2.67 bits per heavy atom. The summed E-state index contributed by atoms with van der Waals surface area (Å²) in [4.78, 5) is 17.6. The van der Waals surface area contributed by atoms with Crippen LogP contribution in [0.4, 0.5) is 5.13 Å². The predicted molar refractivity (Wildman–Crippen MR) is 83.4 cm³/mol. The van der Waals surface area contributed by atoms with Gasteiger partial charge in [0.2, 0.25) is 0 Å². The van der Waals surface area contributed by atoms with Crippen LogP contribution in [0, 0.1) is 6.92 Å². The lowest BCUT2D eigenvalue weighted by Crippen LogP contribution is -2.15. The van der Waals surface area contributed by atoms with Gasteiger partial charge >= 0.3 is 0 Å². The Hall–Kier alpha value is -2.47. The average Bonchev–Trinajstić information content (AvgIpc) is 3.06. The molecule has 3 rings (SSSR count). The summed E-state index contributed by atoms with van der Waals surface area (Å²) in [5, 5.41) is 7.41. The molecule has 0 saturated heterocycles. The van der Waals surface area contributed by atoms with Crippen LogP contribution in [0.25, 0.3) is 10.4 Å². The van der Waals surface area contributed by atoms with E-state index in [-0.39, 0.29) is 5.91 Å². The molecule has 2 heterocycles. The number of thiazole rings is 1. The highest BCUT2D eigenvalue weighted by atomic mass is 32.1. The van der Waals surface area contributed by atoms with Gasteiger partial charge in [-0.25, -0.2) is 4.98 Å². The maximum Gasteiger partial charge on any atom is 0.275 e. The molecule has 0 unspecified atom stereocenters. The SMILES string of the molecule is Cc1nc(NC(=O)c2ccnn2C)sc1-c1ccccc1. The third-order valence-electron chi connectivity index (χ3n) is 3.11. The standard InChI is InChI=1S/C15H14N4OS/c1-10-13(11-6-4-3-5-7-11)21-15(17-10)18-14(20)12-8-9-16-19(12)2/h3-9H,1-2H3,(H,17,18,20). The molecule has 6 heteroatoms. The zero-order chi connectivity index (χ0) is 14.8. The van der Waals surface area contributed by atoms with E-state index in [1.165, 1.54) is 16.0 Å². The Morgan fingerprint density at radius 2 is 2.00 bits per heavy atom. The van der Waals surface area contributed by atoms with Crippen molar-refractivity contribution in [3.05, 3.63) is 54.0 Å². The molecular weight excluding hydrogens is 284 g/mol. The highest BCUT2D eigenvalue weighted by molar-refractivity contribution is 7.19. The summed E-state index contributed by atoms with van der Waals surface area (Å²) in [7, 11) is 1.73. The third kappa shape index (κ3) is 2.71. The van der Waals surface area contributed by atoms with E-state index in [9.17, 15) is 4.79 Å². The van der Waals surface area contributed by atoms with Crippen LogP contribution in [0.2, 0.25) is 0 Å². The number of amides is 1. The van der Waals surface area contributed by atoms with Crippen molar-refractivity contribution in [3.63, 3.8) is 0 Å². The van der Waals surface area contributed by atoms with Crippen molar-refractivity contribution in [2.45, 2.75) is 6.92 Å². The molecule has 5 nitrogen and oxygen atoms in total. The summed E-state index contributed by atoms with van der Waals surface area (Å²) in [6.07, 6.45) is 1.59. The molecule has 106 valence electrons. The van der Waals surface area contributed by atoms with E-state index in [4.69, 9.17) is 0 Å². The van der Waals surface area contributed by atoms with Crippen LogP contribution < -0.4 is 5.32 Å². The van der Waals surface area contributed by atoms with Crippen LogP contribution in [0.3, 0.4) is 0 Å². The molecule has 0 saturated carbocycles. The summed E-state index contributed by atoms with van der Waals surface area (Å²) in [5.74, 6) is -0.205. The molecule has 0 atom stereocenters. The second kappa shape index (κ2) is 5.49. The fraction of sp³-hybridized carbons (Fsp3) is 0.133. The molecule has 1 aromatic carbocycles. The van der Waals surface area contributed by atoms with Gasteiger partial charge in [-0.1, -0.05) is 41.7 Å². The normalized spacial score (nSPS) is 10.6. The number of carbonyl (C=O) groups excluding carboxylic acids is 1. The lowest BCUT2D eigenvalue weighted by molar-refractivity contribution is 0.101. The topological polar surface area (TPSA) is 59.8 Å². The minimum Gasteiger partial charge on any atom is -0.296 e. The molecule has 0 bridgehead atoms. The molecule has 3 aromatic rings. The molecule has 0 aliphatic heterocycles. The number of nitrogens with zero attached hydrogens (tertiary/aromatic N) is 3. The van der Waals surface area contributed by atoms with Crippen molar-refractivity contribution >= 4 is 22.4 Å². The average molecular weight is 298 g/mol. The minimum absolute atomic E-state index is 0.205. The van der Waals surface area contributed by atoms with Gasteiger partial charge in [-0.05, 0) is 18.6 Å². The van der Waals surface area contributed by atoms with E-state index >= 15 is 0 Å². The number of hydrogen-bond acceptors (Lipinski definition) is 4. The van der Waals surface area contributed by atoms with Crippen molar-refractivity contribution in [3.8, 4) is 10.4 Å². The highest BCUT2D eigenvalue weighted by Gasteiger charge is 2.14. The second-order valence-electron chi connectivity index (χ2n) is 4.59. The predicted octanol–water partition coefficient (Wildman–Crippen LogP) is 3.10. The summed E-state index contributed by atoms with van der Waals surface area (Å²) in [6, 6.07) is 11.7. The van der Waals surface area contributed by atoms with Crippen molar-refractivity contribution in [1.82, 2.24) is 14.8 Å². The largest absolute Gasteiger partial charge is 0.296 e. The molecule has 2 aromatic heterocycles. The fourth-order valence-electron chi connectivity index (χ4n) is 2.07. The Labute approximate surface area is 126 Å². The number of aryl methyl sites for hydroxylation is 2. The van der Waals surface area contributed by atoms with Gasteiger partial charge in [-0.3, -0.25) is 14.8 Å². The lowest BCUT2D eigenvalue weighted by Gasteiger charge is -2.01. The maximum atomic E-state index is 12.1. The van der Waals surface area contributed by atoms with Crippen LogP contribution in [-0.2, 0) is 7.05 Å². The number of carbonyl (C=O) groups is 1. The van der Waals surface area contributed by atoms with Crippen LogP contribution in [0.5, 0.6) is 0 Å². The third-order valence-corrected chi connectivity index (χ3v) is 4.23. The van der Waals surface area contributed by atoms with Gasteiger partial charge in [0, 0.05) is 13.2 Å². The molecule has 0 aliphatic carbocycles. The molecule has 1 amide bonds. The molecule has 0 spiro atoms. The Kier molecular flexibility index (Phi) is 3.53. The van der Waals surface area contributed by atoms with Gasteiger partial charge in [-0.15, -0.1) is 0 Å². The Balaban J connectivity index is 1.85. The first kappa shape index (κ1) is 13.5. The lowest BCUT2D eigenvalue weighted by atomic mass is 10.2. The van der Waals surface area contributed by atoms with Crippen LogP contribution in [0.15, 0.2) is 42.6 Å². The van der Waals surface area contributed by atoms with E-state index in [0.29, 0.717) is 10.8 Å². The summed E-state index contributed by atoms with van der Waals surface area (Å²) >= 11 is 1.47. The number of nitrogens with one attached hydrogen (secondary N) is 1. The molecular formula is C15H14N4OS. The molecule has 0 aliphatic rings. The second-order valence-corrected chi connectivity index (χ2v) is 5.59. The zero-order valence-corrected chi connectivity index (χ0v) is 12.5. The smallest absolute Gasteiger partial charge is 0.275 e. The van der Waals surface area contributed by atoms with E-state index in [1.54, 1.807) is 19.3 Å². The van der Waals surface area contributed by atoms with Crippen molar-refractivity contribution in [2.24, 2.45) is 7.05 Å². The highest BCUT2D eigenvalue weighted by Crippen LogP contribution is 2.32. The summed E-state index contributed by atoms with van der Waals surface area (Å²) in [6.45, 7) is 1.94. The van der Waals surface area contributed by atoms with E-state index in [2.05, 4.69) is 15.4 Å². The van der Waals surface area contributed by atoms with Gasteiger partial charge in [0.15, 0.2) is 5.13 Å². The van der Waals surface area contributed by atoms with E-state index in [0.717, 1.165) is 16.1 Å². The van der Waals surface area contributed by atoms with E-state index < -0.39 is 0 Å². The minimum atomic E-state index is -0.205. The summed E-state index contributed by atoms with van der Waals surface area (Å²) < 4.78 is 1.54. The quantitative estimate of drug-likeness (QED) is 0.808. The van der Waals surface area contributed by atoms with Gasteiger partial charge in [0.25, 0.3) is 5.91 Å². The van der Waals surface area contributed by atoms with Gasteiger partial charge < -0.3 is 0 Å². The summed E-state index contributed by atoms with van der Waals surface area (Å²) in [5.41, 5.74) is 2.52.